The van der Waals surface area contributed by atoms with Gasteiger partial charge in [0.2, 0.25) is 0 Å². The molecule has 0 bridgehead atoms. The summed E-state index contributed by atoms with van der Waals surface area (Å²) in [6.07, 6.45) is 0. The van der Waals surface area contributed by atoms with Gasteiger partial charge in [-0.1, -0.05) is 36.4 Å². The van der Waals surface area contributed by atoms with E-state index in [2.05, 4.69) is 24.8 Å². The van der Waals surface area contributed by atoms with Crippen molar-refractivity contribution in [1.82, 2.24) is 0 Å². The van der Waals surface area contributed by atoms with Crippen LogP contribution in [0, 0.1) is 12.3 Å². The van der Waals surface area contributed by atoms with Gasteiger partial charge in [-0.3, -0.25) is 5.41 Å². The second-order valence-corrected chi connectivity index (χ2v) is 3.77. The molecular formula is C12H11NS. The third-order valence-corrected chi connectivity index (χ3v) is 2.60. The average molecular weight is 201 g/mol. The lowest BCUT2D eigenvalue weighted by Crippen LogP contribution is -1.94. The molecule has 70 valence electrons. The highest BCUT2D eigenvalue weighted by atomic mass is 32.1. The van der Waals surface area contributed by atoms with Crippen molar-refractivity contribution >= 4 is 28.4 Å². The Hall–Kier alpha value is -1.28. The Kier molecular flexibility index (Phi) is 2.30. The van der Waals surface area contributed by atoms with Crippen molar-refractivity contribution in [2.24, 2.45) is 0 Å². The number of thiol groups is 1. The summed E-state index contributed by atoms with van der Waals surface area (Å²) in [5, 5.41) is 10.2. The molecule has 14 heavy (non-hydrogen) atoms. The minimum Gasteiger partial charge on any atom is -0.294 e. The van der Waals surface area contributed by atoms with Crippen LogP contribution in [-0.4, -0.2) is 5.04 Å². The molecule has 0 saturated carbocycles. The highest BCUT2D eigenvalue weighted by Gasteiger charge is 2.05. The highest BCUT2D eigenvalue weighted by Crippen LogP contribution is 2.23. The molecule has 0 fully saturated rings. The molecule has 0 aliphatic rings. The van der Waals surface area contributed by atoms with Crippen LogP contribution in [0.5, 0.6) is 0 Å². The average Bonchev–Trinajstić information content (AvgIpc) is 2.17. The Morgan fingerprint density at radius 1 is 1.14 bits per heavy atom. The molecule has 0 amide bonds. The summed E-state index contributed by atoms with van der Waals surface area (Å²) in [5.74, 6) is 0. The van der Waals surface area contributed by atoms with E-state index in [1.54, 1.807) is 0 Å². The molecular weight excluding hydrogens is 190 g/mol. The van der Waals surface area contributed by atoms with Crippen LogP contribution in [0.4, 0.5) is 0 Å². The Morgan fingerprint density at radius 2 is 1.86 bits per heavy atom. The summed E-state index contributed by atoms with van der Waals surface area (Å²) in [6, 6.07) is 12.2. The van der Waals surface area contributed by atoms with Crippen molar-refractivity contribution in [3.63, 3.8) is 0 Å². The second-order valence-electron chi connectivity index (χ2n) is 3.33. The van der Waals surface area contributed by atoms with Gasteiger partial charge in [0.1, 0.15) is 0 Å². The van der Waals surface area contributed by atoms with E-state index in [9.17, 15) is 0 Å². The summed E-state index contributed by atoms with van der Waals surface area (Å²) in [4.78, 5) is 0. The summed E-state index contributed by atoms with van der Waals surface area (Å²) >= 11 is 4.12. The fourth-order valence-electron chi connectivity index (χ4n) is 1.69. The normalized spacial score (nSPS) is 10.4. The monoisotopic (exact) mass is 201 g/mol. The number of rotatable bonds is 1. The molecule has 2 aromatic rings. The zero-order valence-electron chi connectivity index (χ0n) is 7.91. The topological polar surface area (TPSA) is 23.9 Å². The van der Waals surface area contributed by atoms with E-state index < -0.39 is 0 Å². The van der Waals surface area contributed by atoms with Gasteiger partial charge in [-0.15, -0.1) is 12.6 Å². The van der Waals surface area contributed by atoms with Crippen molar-refractivity contribution in [1.29, 1.82) is 5.41 Å². The Labute approximate surface area is 88.7 Å². The van der Waals surface area contributed by atoms with E-state index in [0.717, 1.165) is 21.9 Å². The van der Waals surface area contributed by atoms with Crippen LogP contribution in [0.1, 0.15) is 11.1 Å². The summed E-state index contributed by atoms with van der Waals surface area (Å²) in [6.45, 7) is 2.01. The standard InChI is InChI=1S/C12H11NS/c1-8-6-7-9-4-2-3-5-10(9)11(8)12(13)14/h2-7H,1H3,(H2,13,14). The van der Waals surface area contributed by atoms with E-state index in [1.165, 1.54) is 0 Å². The molecule has 0 unspecified atom stereocenters. The first kappa shape index (κ1) is 9.28. The fraction of sp³-hybridized carbons (Fsp3) is 0.0833. The molecule has 0 atom stereocenters. The van der Waals surface area contributed by atoms with Crippen LogP contribution in [0.3, 0.4) is 0 Å². The molecule has 0 aromatic heterocycles. The molecule has 1 N–H and O–H groups in total. The summed E-state index contributed by atoms with van der Waals surface area (Å²) in [7, 11) is 0. The Morgan fingerprint density at radius 3 is 2.57 bits per heavy atom. The number of benzene rings is 2. The number of nitrogens with one attached hydrogen (secondary N) is 1. The van der Waals surface area contributed by atoms with Crippen molar-refractivity contribution in [2.75, 3.05) is 0 Å². The quantitative estimate of drug-likeness (QED) is 0.401. The van der Waals surface area contributed by atoms with Gasteiger partial charge in [0.05, 0.1) is 5.04 Å². The molecule has 0 heterocycles. The van der Waals surface area contributed by atoms with E-state index in [1.807, 2.05) is 31.2 Å². The van der Waals surface area contributed by atoms with Crippen LogP contribution in [0.2, 0.25) is 0 Å². The largest absolute Gasteiger partial charge is 0.294 e. The minimum absolute atomic E-state index is 0.333. The van der Waals surface area contributed by atoms with Gasteiger partial charge in [0.25, 0.3) is 0 Å². The zero-order valence-corrected chi connectivity index (χ0v) is 8.81. The first-order chi connectivity index (χ1) is 6.70. The second kappa shape index (κ2) is 3.46. The molecule has 2 aromatic carbocycles. The zero-order chi connectivity index (χ0) is 10.1. The third-order valence-electron chi connectivity index (χ3n) is 2.37. The van der Waals surface area contributed by atoms with Crippen LogP contribution < -0.4 is 0 Å². The third kappa shape index (κ3) is 1.42. The van der Waals surface area contributed by atoms with E-state index in [4.69, 9.17) is 5.41 Å². The Balaban J connectivity index is 2.90. The number of hydrogen-bond donors (Lipinski definition) is 2. The number of aryl methyl sites for hydroxylation is 1. The van der Waals surface area contributed by atoms with E-state index >= 15 is 0 Å². The van der Waals surface area contributed by atoms with Crippen LogP contribution >= 0.6 is 12.6 Å². The predicted octanol–water partition coefficient (Wildman–Crippen LogP) is 3.40. The van der Waals surface area contributed by atoms with Gasteiger partial charge in [0.15, 0.2) is 0 Å². The lowest BCUT2D eigenvalue weighted by molar-refractivity contribution is 1.45. The van der Waals surface area contributed by atoms with Gasteiger partial charge in [-0.2, -0.15) is 0 Å². The summed E-state index contributed by atoms with van der Waals surface area (Å²) < 4.78 is 0. The van der Waals surface area contributed by atoms with Gasteiger partial charge in [-0.05, 0) is 23.3 Å². The van der Waals surface area contributed by atoms with E-state index in [0.29, 0.717) is 5.04 Å². The molecule has 1 nitrogen and oxygen atoms in total. The minimum atomic E-state index is 0.333. The molecule has 0 radical (unpaired) electrons. The molecule has 0 aliphatic heterocycles. The maximum Gasteiger partial charge on any atom is 0.0920 e. The molecule has 0 saturated heterocycles. The highest BCUT2D eigenvalue weighted by molar-refractivity contribution is 7.97. The van der Waals surface area contributed by atoms with E-state index in [-0.39, 0.29) is 0 Å². The van der Waals surface area contributed by atoms with Gasteiger partial charge < -0.3 is 0 Å². The first-order valence-electron chi connectivity index (χ1n) is 4.46. The lowest BCUT2D eigenvalue weighted by atomic mass is 10.0. The molecule has 0 aliphatic carbocycles. The van der Waals surface area contributed by atoms with Crippen LogP contribution in [0.25, 0.3) is 10.8 Å². The van der Waals surface area contributed by atoms with Crippen LogP contribution in [0.15, 0.2) is 36.4 Å². The van der Waals surface area contributed by atoms with Crippen molar-refractivity contribution < 1.29 is 0 Å². The number of hydrogen-bond acceptors (Lipinski definition) is 1. The maximum atomic E-state index is 7.62. The SMILES string of the molecule is Cc1ccc2ccccc2c1C(=N)S. The lowest BCUT2D eigenvalue weighted by Gasteiger charge is -2.07. The molecule has 0 spiro atoms. The fourth-order valence-corrected chi connectivity index (χ4v) is 1.99. The number of fused-ring (bicyclic) bond motifs is 1. The smallest absolute Gasteiger partial charge is 0.0920 e. The van der Waals surface area contributed by atoms with Gasteiger partial charge in [0, 0.05) is 5.56 Å². The predicted molar refractivity (Wildman–Crippen MR) is 64.5 cm³/mol. The first-order valence-corrected chi connectivity index (χ1v) is 4.91. The molecule has 2 rings (SSSR count). The van der Waals surface area contributed by atoms with Crippen molar-refractivity contribution in [3.8, 4) is 0 Å². The van der Waals surface area contributed by atoms with Gasteiger partial charge in [-0.25, -0.2) is 0 Å². The Bertz CT molecular complexity index is 503. The van der Waals surface area contributed by atoms with Gasteiger partial charge >= 0.3 is 0 Å². The maximum absolute atomic E-state index is 7.62. The van der Waals surface area contributed by atoms with Crippen LogP contribution in [-0.2, 0) is 0 Å². The summed E-state index contributed by atoms with van der Waals surface area (Å²) in [5.41, 5.74) is 2.04. The molecule has 2 heteroatoms. The van der Waals surface area contributed by atoms with Crippen molar-refractivity contribution in [3.05, 3.63) is 47.5 Å². The van der Waals surface area contributed by atoms with Crippen molar-refractivity contribution in [2.45, 2.75) is 6.92 Å².